The number of amides is 1. The summed E-state index contributed by atoms with van der Waals surface area (Å²) >= 11 is 0. The van der Waals surface area contributed by atoms with Gasteiger partial charge in [-0.05, 0) is 36.2 Å². The lowest BCUT2D eigenvalue weighted by Crippen LogP contribution is -2.05. The van der Waals surface area contributed by atoms with Gasteiger partial charge < -0.3 is 10.3 Å². The molecule has 4 nitrogen and oxygen atoms in total. The maximum atomic E-state index is 11.0. The number of aromatic amines is 1. The lowest BCUT2D eigenvalue weighted by molar-refractivity contribution is -0.114. The van der Waals surface area contributed by atoms with E-state index in [4.69, 9.17) is 0 Å². The molecule has 3 rings (SSSR count). The summed E-state index contributed by atoms with van der Waals surface area (Å²) in [6.45, 7) is 3.53. The van der Waals surface area contributed by atoms with Crippen molar-refractivity contribution in [2.75, 3.05) is 5.32 Å². The Morgan fingerprint density at radius 1 is 1.25 bits per heavy atom. The Labute approximate surface area is 116 Å². The highest BCUT2D eigenvalue weighted by molar-refractivity contribution is 5.94. The molecule has 3 aromatic rings. The van der Waals surface area contributed by atoms with Gasteiger partial charge in [-0.3, -0.25) is 4.79 Å². The van der Waals surface area contributed by atoms with Crippen molar-refractivity contribution in [3.63, 3.8) is 0 Å². The van der Waals surface area contributed by atoms with Gasteiger partial charge in [0, 0.05) is 36.0 Å². The van der Waals surface area contributed by atoms with Crippen molar-refractivity contribution < 1.29 is 4.79 Å². The second kappa shape index (κ2) is 4.81. The van der Waals surface area contributed by atoms with Gasteiger partial charge in [0.1, 0.15) is 5.65 Å². The SMILES string of the molecule is CC(=O)Nc1ccc(-c2c[nH]c3ncc(C)cc23)cc1. The third-order valence-corrected chi connectivity index (χ3v) is 3.18. The van der Waals surface area contributed by atoms with E-state index in [0.717, 1.165) is 33.4 Å². The summed E-state index contributed by atoms with van der Waals surface area (Å²) in [5.74, 6) is -0.0651. The summed E-state index contributed by atoms with van der Waals surface area (Å²) in [6, 6.07) is 9.92. The fourth-order valence-corrected chi connectivity index (χ4v) is 2.28. The maximum absolute atomic E-state index is 11.0. The Bertz CT molecular complexity index is 772. The number of fused-ring (bicyclic) bond motifs is 1. The highest BCUT2D eigenvalue weighted by Crippen LogP contribution is 2.29. The fourth-order valence-electron chi connectivity index (χ4n) is 2.28. The number of anilines is 1. The molecule has 0 radical (unpaired) electrons. The van der Waals surface area contributed by atoms with Gasteiger partial charge in [-0.1, -0.05) is 12.1 Å². The van der Waals surface area contributed by atoms with Crippen LogP contribution < -0.4 is 5.32 Å². The van der Waals surface area contributed by atoms with Crippen LogP contribution in [0.5, 0.6) is 0 Å². The lowest BCUT2D eigenvalue weighted by atomic mass is 10.0. The highest BCUT2D eigenvalue weighted by atomic mass is 16.1. The summed E-state index contributed by atoms with van der Waals surface area (Å²) in [4.78, 5) is 18.6. The van der Waals surface area contributed by atoms with E-state index >= 15 is 0 Å². The Morgan fingerprint density at radius 3 is 2.70 bits per heavy atom. The Balaban J connectivity index is 2.02. The first-order valence-electron chi connectivity index (χ1n) is 6.45. The van der Waals surface area contributed by atoms with Crippen LogP contribution in [-0.4, -0.2) is 15.9 Å². The van der Waals surface area contributed by atoms with Crippen molar-refractivity contribution >= 4 is 22.6 Å². The topological polar surface area (TPSA) is 57.8 Å². The van der Waals surface area contributed by atoms with Crippen molar-refractivity contribution in [2.24, 2.45) is 0 Å². The molecule has 1 amide bonds. The van der Waals surface area contributed by atoms with Crippen molar-refractivity contribution in [2.45, 2.75) is 13.8 Å². The van der Waals surface area contributed by atoms with Gasteiger partial charge >= 0.3 is 0 Å². The lowest BCUT2D eigenvalue weighted by Gasteiger charge is -2.04. The maximum Gasteiger partial charge on any atom is 0.221 e. The average Bonchev–Trinajstić information content (AvgIpc) is 2.82. The molecule has 0 saturated heterocycles. The number of rotatable bonds is 2. The molecule has 0 unspecified atom stereocenters. The molecule has 100 valence electrons. The third-order valence-electron chi connectivity index (χ3n) is 3.18. The van der Waals surface area contributed by atoms with E-state index in [2.05, 4.69) is 21.4 Å². The molecular weight excluding hydrogens is 250 g/mol. The van der Waals surface area contributed by atoms with Crippen molar-refractivity contribution in [3.8, 4) is 11.1 Å². The number of hydrogen-bond donors (Lipinski definition) is 2. The summed E-state index contributed by atoms with van der Waals surface area (Å²) < 4.78 is 0. The van der Waals surface area contributed by atoms with Crippen molar-refractivity contribution in [1.29, 1.82) is 0 Å². The Morgan fingerprint density at radius 2 is 2.00 bits per heavy atom. The van der Waals surface area contributed by atoms with Crippen LogP contribution in [0.15, 0.2) is 42.7 Å². The van der Waals surface area contributed by atoms with E-state index in [1.54, 1.807) is 0 Å². The van der Waals surface area contributed by atoms with Crippen LogP contribution in [0.2, 0.25) is 0 Å². The van der Waals surface area contributed by atoms with Gasteiger partial charge in [0.2, 0.25) is 5.91 Å². The molecule has 4 heteroatoms. The number of carbonyl (C=O) groups excluding carboxylic acids is 1. The van der Waals surface area contributed by atoms with E-state index in [1.807, 2.05) is 43.6 Å². The molecule has 0 aliphatic heterocycles. The van der Waals surface area contributed by atoms with Gasteiger partial charge in [0.05, 0.1) is 0 Å². The van der Waals surface area contributed by atoms with Crippen LogP contribution in [0.25, 0.3) is 22.2 Å². The molecule has 1 aromatic carbocycles. The zero-order valence-corrected chi connectivity index (χ0v) is 11.4. The molecule has 0 saturated carbocycles. The molecular formula is C16H15N3O. The predicted octanol–water partition coefficient (Wildman–Crippen LogP) is 3.50. The first kappa shape index (κ1) is 12.4. The number of benzene rings is 1. The largest absolute Gasteiger partial charge is 0.346 e. The van der Waals surface area contributed by atoms with Gasteiger partial charge in [0.15, 0.2) is 0 Å². The van der Waals surface area contributed by atoms with Gasteiger partial charge in [-0.25, -0.2) is 4.98 Å². The minimum absolute atomic E-state index is 0.0651. The fraction of sp³-hybridized carbons (Fsp3) is 0.125. The molecule has 0 bridgehead atoms. The Kier molecular flexibility index (Phi) is 2.99. The molecule has 2 aromatic heterocycles. The zero-order chi connectivity index (χ0) is 14.1. The van der Waals surface area contributed by atoms with E-state index in [9.17, 15) is 4.79 Å². The van der Waals surface area contributed by atoms with E-state index < -0.39 is 0 Å². The number of aryl methyl sites for hydroxylation is 1. The second-order valence-electron chi connectivity index (χ2n) is 4.87. The summed E-state index contributed by atoms with van der Waals surface area (Å²) in [6.07, 6.45) is 3.81. The number of hydrogen-bond acceptors (Lipinski definition) is 2. The minimum atomic E-state index is -0.0651. The van der Waals surface area contributed by atoms with Crippen LogP contribution in [0, 0.1) is 6.92 Å². The van der Waals surface area contributed by atoms with Crippen LogP contribution in [0.1, 0.15) is 12.5 Å². The molecule has 0 aliphatic rings. The summed E-state index contributed by atoms with van der Waals surface area (Å²) in [7, 11) is 0. The summed E-state index contributed by atoms with van der Waals surface area (Å²) in [5.41, 5.74) is 5.03. The predicted molar refractivity (Wildman–Crippen MR) is 80.6 cm³/mol. The first-order chi connectivity index (χ1) is 9.63. The molecule has 0 spiro atoms. The van der Waals surface area contributed by atoms with E-state index in [-0.39, 0.29) is 5.91 Å². The smallest absolute Gasteiger partial charge is 0.221 e. The van der Waals surface area contributed by atoms with Crippen LogP contribution in [0.4, 0.5) is 5.69 Å². The molecule has 0 atom stereocenters. The van der Waals surface area contributed by atoms with Crippen molar-refractivity contribution in [3.05, 3.63) is 48.3 Å². The van der Waals surface area contributed by atoms with Gasteiger partial charge in [0.25, 0.3) is 0 Å². The minimum Gasteiger partial charge on any atom is -0.346 e. The van der Waals surface area contributed by atoms with Crippen molar-refractivity contribution in [1.82, 2.24) is 9.97 Å². The highest BCUT2D eigenvalue weighted by Gasteiger charge is 2.07. The van der Waals surface area contributed by atoms with Gasteiger partial charge in [-0.15, -0.1) is 0 Å². The van der Waals surface area contributed by atoms with Gasteiger partial charge in [-0.2, -0.15) is 0 Å². The first-order valence-corrected chi connectivity index (χ1v) is 6.45. The molecule has 0 aliphatic carbocycles. The number of pyridine rings is 1. The molecule has 2 heterocycles. The quantitative estimate of drug-likeness (QED) is 0.745. The number of nitrogens with zero attached hydrogens (tertiary/aromatic N) is 1. The van der Waals surface area contributed by atoms with E-state index in [0.29, 0.717) is 0 Å². The molecule has 2 N–H and O–H groups in total. The summed E-state index contributed by atoms with van der Waals surface area (Å²) in [5, 5.41) is 3.87. The normalized spacial score (nSPS) is 10.7. The Hall–Kier alpha value is -2.62. The monoisotopic (exact) mass is 265 g/mol. The number of H-pyrrole nitrogens is 1. The van der Waals surface area contributed by atoms with Crippen LogP contribution in [0.3, 0.4) is 0 Å². The molecule has 20 heavy (non-hydrogen) atoms. The number of nitrogens with one attached hydrogen (secondary N) is 2. The number of carbonyl (C=O) groups is 1. The average molecular weight is 265 g/mol. The standard InChI is InChI=1S/C16H15N3O/c1-10-7-14-15(9-18-16(14)17-8-10)12-3-5-13(6-4-12)19-11(2)20/h3-9H,1-2H3,(H,17,18)(H,19,20). The number of aromatic nitrogens is 2. The van der Waals surface area contributed by atoms with E-state index in [1.165, 1.54) is 6.92 Å². The zero-order valence-electron chi connectivity index (χ0n) is 11.4. The third kappa shape index (κ3) is 2.28. The second-order valence-corrected chi connectivity index (χ2v) is 4.87. The molecule has 0 fully saturated rings. The van der Waals surface area contributed by atoms with Crippen LogP contribution >= 0.6 is 0 Å². The van der Waals surface area contributed by atoms with Crippen LogP contribution in [-0.2, 0) is 4.79 Å².